The molecule has 0 saturated heterocycles. The van der Waals surface area contributed by atoms with Gasteiger partial charge < -0.3 is 56.5 Å². The van der Waals surface area contributed by atoms with Crippen LogP contribution < -0.4 is 0 Å². The van der Waals surface area contributed by atoms with Crippen LogP contribution in [0.15, 0.2) is 0 Å². The normalized spacial score (nSPS) is 10.5. The van der Waals surface area contributed by atoms with E-state index >= 15 is 0 Å². The van der Waals surface area contributed by atoms with E-state index < -0.39 is 21.8 Å². The van der Waals surface area contributed by atoms with E-state index in [1.54, 1.807) is 7.11 Å². The van der Waals surface area contributed by atoms with Crippen LogP contribution in [-0.2, 0) is 4.74 Å². The minimum atomic E-state index is -6.00. The molecule has 124 valence electrons. The van der Waals surface area contributed by atoms with E-state index in [2.05, 4.69) is 4.74 Å². The molecule has 0 saturated carbocycles. The molecule has 1 nitrogen and oxygen atoms in total. The molecule has 0 aromatic carbocycles. The molecule has 0 fully saturated rings. The molecule has 0 spiro atoms. The molecule has 0 aliphatic rings. The van der Waals surface area contributed by atoms with Gasteiger partial charge in [-0.1, -0.05) is 0 Å². The summed E-state index contributed by atoms with van der Waals surface area (Å²) in [6.07, 6.45) is 0. The molecular weight excluding hydrogens is 352 g/mol. The van der Waals surface area contributed by atoms with E-state index in [9.17, 15) is 51.8 Å². The Labute approximate surface area is 149 Å². The summed E-state index contributed by atoms with van der Waals surface area (Å²) in [4.78, 5) is 0. The third kappa shape index (κ3) is 1600. The second kappa shape index (κ2) is 16.3. The molecule has 0 radical (unpaired) electrons. The van der Waals surface area contributed by atoms with Crippen molar-refractivity contribution in [3.63, 3.8) is 0 Å². The second-order valence-electron chi connectivity index (χ2n) is 2.06. The Hall–Kier alpha value is 0.951. The van der Waals surface area contributed by atoms with Crippen molar-refractivity contribution >= 4 is 73.1 Å². The van der Waals surface area contributed by atoms with Gasteiger partial charge in [0.25, 0.3) is 0 Å². The van der Waals surface area contributed by atoms with Crippen molar-refractivity contribution in [2.45, 2.75) is 6.92 Å². The summed E-state index contributed by atoms with van der Waals surface area (Å²) in [6, 6.07) is 0. The number of ether oxygens (including phenoxy) is 1. The minimum absolute atomic E-state index is 0. The van der Waals surface area contributed by atoms with Gasteiger partial charge in [-0.15, -0.1) is 0 Å². The van der Waals surface area contributed by atoms with Gasteiger partial charge in [0, 0.05) is 13.7 Å². The molecule has 0 bridgehead atoms. The Kier molecular flexibility index (Phi) is 26.8. The van der Waals surface area contributed by atoms with Crippen LogP contribution in [-0.4, -0.2) is 86.9 Å². The first kappa shape index (κ1) is 32.8. The zero-order valence-electron chi connectivity index (χ0n) is 9.38. The molecule has 20 heavy (non-hydrogen) atoms. The van der Waals surface area contributed by atoms with Gasteiger partial charge in [-0.05, 0) is 6.92 Å². The van der Waals surface area contributed by atoms with Crippen molar-refractivity contribution in [3.8, 4) is 0 Å². The molecule has 0 amide bonds. The van der Waals surface area contributed by atoms with Crippen LogP contribution in [0.2, 0.25) is 0 Å². The summed E-state index contributed by atoms with van der Waals surface area (Å²) in [7, 11) is -16.3. The van der Waals surface area contributed by atoms with Crippen molar-refractivity contribution < 1.29 is 56.5 Å². The maximum atomic E-state index is 9.75. The molecule has 0 heterocycles. The molecule has 0 atom stereocenters. The van der Waals surface area contributed by atoms with Crippen LogP contribution in [0.5, 0.6) is 0 Å². The number of hydrogen-bond acceptors (Lipinski definition) is 1. The molecule has 0 aromatic rings. The first-order valence-corrected chi connectivity index (χ1v) is 4.02. The summed E-state index contributed by atoms with van der Waals surface area (Å²) in [5, 5.41) is 0. The quantitative estimate of drug-likeness (QED) is 0.509. The van der Waals surface area contributed by atoms with Crippen LogP contribution in [0.1, 0.15) is 6.92 Å². The van der Waals surface area contributed by atoms with Gasteiger partial charge in [-0.2, -0.15) is 0 Å². The first-order chi connectivity index (χ1) is 7.91. The third-order valence-corrected chi connectivity index (χ3v) is 0.289. The number of halogens is 12. The van der Waals surface area contributed by atoms with Crippen LogP contribution in [0.3, 0.4) is 0 Å². The summed E-state index contributed by atoms with van der Waals surface area (Å²) in [5.41, 5.74) is 0. The van der Waals surface area contributed by atoms with Gasteiger partial charge in [-0.3, -0.25) is 0 Å². The summed E-state index contributed by atoms with van der Waals surface area (Å²) >= 11 is 0. The van der Waals surface area contributed by atoms with E-state index in [0.29, 0.717) is 0 Å². The summed E-state index contributed by atoms with van der Waals surface area (Å²) < 4.78 is 122. The molecule has 0 rings (SSSR count). The van der Waals surface area contributed by atoms with E-state index in [1.807, 2.05) is 6.92 Å². The molecule has 0 aliphatic carbocycles. The van der Waals surface area contributed by atoms with E-state index in [-0.39, 0.29) is 51.4 Å². The predicted molar refractivity (Wildman–Crippen MR) is 55.3 cm³/mol. The average molecular weight is 361 g/mol. The van der Waals surface area contributed by atoms with Gasteiger partial charge in [0.15, 0.2) is 0 Å². The molecule has 0 N–H and O–H groups in total. The first-order valence-electron chi connectivity index (χ1n) is 4.02. The third-order valence-electron chi connectivity index (χ3n) is 0.289. The Morgan fingerprint density at radius 2 is 0.650 bits per heavy atom. The molecular formula is C3H9B3F12KO-3. The van der Waals surface area contributed by atoms with Crippen molar-refractivity contribution in [2.24, 2.45) is 0 Å². The van der Waals surface area contributed by atoms with Crippen molar-refractivity contribution in [3.05, 3.63) is 0 Å². The second-order valence-corrected chi connectivity index (χ2v) is 2.06. The van der Waals surface area contributed by atoms with Crippen LogP contribution in [0.4, 0.5) is 51.8 Å². The van der Waals surface area contributed by atoms with Crippen LogP contribution in [0.25, 0.3) is 0 Å². The van der Waals surface area contributed by atoms with Crippen molar-refractivity contribution in [2.75, 3.05) is 13.7 Å². The molecule has 0 aliphatic heterocycles. The Bertz CT molecular complexity index is 130. The zero-order chi connectivity index (χ0) is 16.9. The van der Waals surface area contributed by atoms with Crippen molar-refractivity contribution in [1.82, 2.24) is 0 Å². The van der Waals surface area contributed by atoms with Gasteiger partial charge >= 0.3 is 73.1 Å². The SMILES string of the molecule is CCOC.F[B-](F)(F)F.F[B-](F)(F)F.F[B-](F)(F)F.[KH]. The molecule has 0 unspecified atom stereocenters. The maximum absolute atomic E-state index is 9.75. The molecule has 0 aromatic heterocycles. The van der Waals surface area contributed by atoms with Gasteiger partial charge in [0.05, 0.1) is 0 Å². The van der Waals surface area contributed by atoms with Gasteiger partial charge in [-0.25, -0.2) is 0 Å². The predicted octanol–water partition coefficient (Wildman–Crippen LogP) is 3.90. The summed E-state index contributed by atoms with van der Waals surface area (Å²) in [6.45, 7) is 2.78. The van der Waals surface area contributed by atoms with Crippen LogP contribution >= 0.6 is 0 Å². The Morgan fingerprint density at radius 1 is 0.600 bits per heavy atom. The fraction of sp³-hybridized carbons (Fsp3) is 1.00. The number of rotatable bonds is 1. The fourth-order valence-electron chi connectivity index (χ4n) is 0. The van der Waals surface area contributed by atoms with Crippen LogP contribution in [0, 0.1) is 0 Å². The zero-order valence-corrected chi connectivity index (χ0v) is 9.38. The van der Waals surface area contributed by atoms with Crippen molar-refractivity contribution in [1.29, 1.82) is 0 Å². The Balaban J connectivity index is -0.0000000494. The fourth-order valence-corrected chi connectivity index (χ4v) is 0. The average Bonchev–Trinajstić information content (AvgIpc) is 1.93. The van der Waals surface area contributed by atoms with Gasteiger partial charge in [0.2, 0.25) is 0 Å². The molecule has 17 heteroatoms. The summed E-state index contributed by atoms with van der Waals surface area (Å²) in [5.74, 6) is 0. The van der Waals surface area contributed by atoms with E-state index in [0.717, 1.165) is 6.61 Å². The van der Waals surface area contributed by atoms with E-state index in [4.69, 9.17) is 0 Å². The van der Waals surface area contributed by atoms with E-state index in [1.165, 1.54) is 0 Å². The van der Waals surface area contributed by atoms with Gasteiger partial charge in [0.1, 0.15) is 0 Å². The number of hydrogen-bond donors (Lipinski definition) is 0. The number of methoxy groups -OCH3 is 1. The standard InChI is InChI=1S/C3H8O.3BF4.K.H/c1-3-4-2;3*2-1(3,4)5;;/h3H2,1-2H3;;;;;/q;3*-1;;. The monoisotopic (exact) mass is 361 g/mol. The topological polar surface area (TPSA) is 9.23 Å². The Morgan fingerprint density at radius 3 is 0.650 bits per heavy atom.